The Labute approximate surface area is 103 Å². The number of methoxy groups -OCH3 is 1. The number of ether oxygens (including phenoxy) is 2. The van der Waals surface area contributed by atoms with E-state index in [1.165, 1.54) is 0 Å². The lowest BCUT2D eigenvalue weighted by Crippen LogP contribution is -2.50. The first-order chi connectivity index (χ1) is 8.20. The van der Waals surface area contributed by atoms with Crippen molar-refractivity contribution < 1.29 is 14.3 Å². The van der Waals surface area contributed by atoms with Gasteiger partial charge in [0.05, 0.1) is 6.61 Å². The molecule has 5 heteroatoms. The third-order valence-electron chi connectivity index (χ3n) is 2.95. The highest BCUT2D eigenvalue weighted by molar-refractivity contribution is 5.75. The molecule has 0 spiro atoms. The molecule has 0 aromatic heterocycles. The summed E-state index contributed by atoms with van der Waals surface area (Å²) < 4.78 is 9.96. The lowest BCUT2D eigenvalue weighted by molar-refractivity contribution is -0.151. The standard InChI is InChI=1S/C12H22N2O3/c1-10(12(15)17-8-7-16-2)14-6-4-3-5-11(14)9-13/h3,5,10-11H,4,6-9,13H2,1-2H3. The van der Waals surface area contributed by atoms with Gasteiger partial charge in [0.2, 0.25) is 0 Å². The number of hydrogen-bond donors (Lipinski definition) is 1. The third-order valence-corrected chi connectivity index (χ3v) is 2.95. The van der Waals surface area contributed by atoms with Crippen LogP contribution in [0.25, 0.3) is 0 Å². The van der Waals surface area contributed by atoms with E-state index in [4.69, 9.17) is 15.2 Å². The Kier molecular flexibility index (Phi) is 6.18. The van der Waals surface area contributed by atoms with Gasteiger partial charge >= 0.3 is 5.97 Å². The lowest BCUT2D eigenvalue weighted by Gasteiger charge is -2.35. The zero-order chi connectivity index (χ0) is 12.7. The molecule has 0 amide bonds. The van der Waals surface area contributed by atoms with Crippen molar-refractivity contribution in [1.82, 2.24) is 4.90 Å². The Morgan fingerprint density at radius 3 is 3.00 bits per heavy atom. The van der Waals surface area contributed by atoms with E-state index in [2.05, 4.69) is 17.1 Å². The lowest BCUT2D eigenvalue weighted by atomic mass is 10.1. The molecule has 0 radical (unpaired) electrons. The highest BCUT2D eigenvalue weighted by atomic mass is 16.6. The van der Waals surface area contributed by atoms with Crippen LogP contribution in [0.2, 0.25) is 0 Å². The average molecular weight is 242 g/mol. The Morgan fingerprint density at radius 2 is 2.35 bits per heavy atom. The Hall–Kier alpha value is -0.910. The summed E-state index contributed by atoms with van der Waals surface area (Å²) in [5, 5.41) is 0. The number of carbonyl (C=O) groups excluding carboxylic acids is 1. The van der Waals surface area contributed by atoms with E-state index in [9.17, 15) is 4.79 Å². The van der Waals surface area contributed by atoms with E-state index in [1.54, 1.807) is 7.11 Å². The van der Waals surface area contributed by atoms with Crippen LogP contribution in [0, 0.1) is 0 Å². The fourth-order valence-corrected chi connectivity index (χ4v) is 1.93. The highest BCUT2D eigenvalue weighted by Gasteiger charge is 2.28. The van der Waals surface area contributed by atoms with E-state index in [0.717, 1.165) is 13.0 Å². The number of rotatable bonds is 6. The normalized spacial score (nSPS) is 22.4. The Bertz CT molecular complexity index is 268. The van der Waals surface area contributed by atoms with Crippen LogP contribution in [-0.4, -0.2) is 56.4 Å². The number of carbonyl (C=O) groups is 1. The van der Waals surface area contributed by atoms with Crippen LogP contribution in [0.4, 0.5) is 0 Å². The van der Waals surface area contributed by atoms with Gasteiger partial charge in [-0.05, 0) is 13.3 Å². The minimum Gasteiger partial charge on any atom is -0.462 e. The summed E-state index contributed by atoms with van der Waals surface area (Å²) in [5.74, 6) is -0.212. The third kappa shape index (κ3) is 4.11. The van der Waals surface area contributed by atoms with Crippen molar-refractivity contribution in [3.63, 3.8) is 0 Å². The van der Waals surface area contributed by atoms with E-state index < -0.39 is 0 Å². The zero-order valence-corrected chi connectivity index (χ0v) is 10.6. The van der Waals surface area contributed by atoms with Gasteiger partial charge in [-0.2, -0.15) is 0 Å². The van der Waals surface area contributed by atoms with Crippen molar-refractivity contribution in [1.29, 1.82) is 0 Å². The number of hydrogen-bond acceptors (Lipinski definition) is 5. The van der Waals surface area contributed by atoms with Crippen LogP contribution < -0.4 is 5.73 Å². The summed E-state index contributed by atoms with van der Waals surface area (Å²) in [6.07, 6.45) is 5.12. The number of nitrogens with two attached hydrogens (primary N) is 1. The van der Waals surface area contributed by atoms with Crippen LogP contribution in [0.3, 0.4) is 0 Å². The topological polar surface area (TPSA) is 64.8 Å². The van der Waals surface area contributed by atoms with Crippen LogP contribution in [0.5, 0.6) is 0 Å². The van der Waals surface area contributed by atoms with E-state index in [0.29, 0.717) is 19.8 Å². The fraction of sp³-hybridized carbons (Fsp3) is 0.750. The molecule has 0 bridgehead atoms. The second-order valence-electron chi connectivity index (χ2n) is 4.09. The largest absolute Gasteiger partial charge is 0.462 e. The van der Waals surface area contributed by atoms with Gasteiger partial charge in [0.15, 0.2) is 0 Å². The Balaban J connectivity index is 2.47. The molecule has 2 atom stereocenters. The van der Waals surface area contributed by atoms with Crippen molar-refractivity contribution in [3.8, 4) is 0 Å². The summed E-state index contributed by atoms with van der Waals surface area (Å²) in [6.45, 7) is 3.96. The molecule has 0 aliphatic carbocycles. The van der Waals surface area contributed by atoms with Gasteiger partial charge in [0.1, 0.15) is 12.6 Å². The predicted octanol–water partition coefficient (Wildman–Crippen LogP) is 0.154. The van der Waals surface area contributed by atoms with E-state index >= 15 is 0 Å². The van der Waals surface area contributed by atoms with Crippen molar-refractivity contribution in [2.45, 2.75) is 25.4 Å². The molecular formula is C12H22N2O3. The highest BCUT2D eigenvalue weighted by Crippen LogP contribution is 2.14. The summed E-state index contributed by atoms with van der Waals surface area (Å²) in [5.41, 5.74) is 5.69. The van der Waals surface area contributed by atoms with Gasteiger partial charge in [0.25, 0.3) is 0 Å². The first-order valence-electron chi connectivity index (χ1n) is 5.98. The van der Waals surface area contributed by atoms with Crippen LogP contribution in [-0.2, 0) is 14.3 Å². The van der Waals surface area contributed by atoms with Crippen molar-refractivity contribution in [2.75, 3.05) is 33.4 Å². The van der Waals surface area contributed by atoms with Crippen LogP contribution in [0.15, 0.2) is 12.2 Å². The number of esters is 1. The number of nitrogens with zero attached hydrogens (tertiary/aromatic N) is 1. The molecule has 98 valence electrons. The molecule has 17 heavy (non-hydrogen) atoms. The first-order valence-corrected chi connectivity index (χ1v) is 5.98. The molecule has 1 aliphatic heterocycles. The molecule has 1 rings (SSSR count). The van der Waals surface area contributed by atoms with Gasteiger partial charge in [-0.15, -0.1) is 0 Å². The molecule has 0 aromatic rings. The minimum atomic E-state index is -0.259. The summed E-state index contributed by atoms with van der Waals surface area (Å²) in [4.78, 5) is 13.9. The molecule has 5 nitrogen and oxygen atoms in total. The summed E-state index contributed by atoms with van der Waals surface area (Å²) in [7, 11) is 1.58. The molecule has 0 saturated carbocycles. The molecular weight excluding hydrogens is 220 g/mol. The smallest absolute Gasteiger partial charge is 0.323 e. The van der Waals surface area contributed by atoms with Crippen molar-refractivity contribution >= 4 is 5.97 Å². The molecule has 2 N–H and O–H groups in total. The monoisotopic (exact) mass is 242 g/mol. The fourth-order valence-electron chi connectivity index (χ4n) is 1.93. The molecule has 2 unspecified atom stereocenters. The summed E-state index contributed by atoms with van der Waals surface area (Å²) in [6, 6.07) is -0.126. The maximum Gasteiger partial charge on any atom is 0.323 e. The van der Waals surface area contributed by atoms with Gasteiger partial charge in [0, 0.05) is 26.2 Å². The second kappa shape index (κ2) is 7.42. The van der Waals surface area contributed by atoms with Crippen molar-refractivity contribution in [2.24, 2.45) is 5.73 Å². The van der Waals surface area contributed by atoms with Gasteiger partial charge < -0.3 is 15.2 Å². The molecule has 1 heterocycles. The summed E-state index contributed by atoms with van der Waals surface area (Å²) >= 11 is 0. The zero-order valence-electron chi connectivity index (χ0n) is 10.6. The maximum absolute atomic E-state index is 11.8. The first kappa shape index (κ1) is 14.2. The van der Waals surface area contributed by atoms with Crippen LogP contribution in [0.1, 0.15) is 13.3 Å². The molecule has 0 fully saturated rings. The van der Waals surface area contributed by atoms with Gasteiger partial charge in [-0.25, -0.2) is 0 Å². The Morgan fingerprint density at radius 1 is 1.59 bits per heavy atom. The van der Waals surface area contributed by atoms with Gasteiger partial charge in [-0.3, -0.25) is 9.69 Å². The minimum absolute atomic E-state index is 0.133. The quantitative estimate of drug-likeness (QED) is 0.408. The SMILES string of the molecule is COCCOC(=O)C(C)N1CCC=CC1CN. The second-order valence-corrected chi connectivity index (χ2v) is 4.09. The van der Waals surface area contributed by atoms with Crippen LogP contribution >= 0.6 is 0 Å². The predicted molar refractivity (Wildman–Crippen MR) is 65.6 cm³/mol. The van der Waals surface area contributed by atoms with E-state index in [1.807, 2.05) is 6.92 Å². The average Bonchev–Trinajstić information content (AvgIpc) is 2.38. The molecule has 1 aliphatic rings. The van der Waals surface area contributed by atoms with E-state index in [-0.39, 0.29) is 18.1 Å². The van der Waals surface area contributed by atoms with Gasteiger partial charge in [-0.1, -0.05) is 12.2 Å². The van der Waals surface area contributed by atoms with Crippen molar-refractivity contribution in [3.05, 3.63) is 12.2 Å². The maximum atomic E-state index is 11.8. The molecule has 0 saturated heterocycles. The molecule has 0 aromatic carbocycles.